The van der Waals surface area contributed by atoms with Crippen molar-refractivity contribution in [3.63, 3.8) is 0 Å². The third kappa shape index (κ3) is 6.98. The van der Waals surface area contributed by atoms with Crippen LogP contribution in [-0.4, -0.2) is 0 Å². The van der Waals surface area contributed by atoms with Crippen molar-refractivity contribution < 1.29 is 4.74 Å². The Kier molecular flexibility index (Phi) is 10.5. The van der Waals surface area contributed by atoms with E-state index >= 15 is 0 Å². The molecule has 11 aromatic rings. The molecule has 2 nitrogen and oxygen atoms in total. The van der Waals surface area contributed by atoms with Gasteiger partial charge in [0.25, 0.3) is 0 Å². The summed E-state index contributed by atoms with van der Waals surface area (Å²) in [5, 5.41) is 0. The van der Waals surface area contributed by atoms with Crippen LogP contribution >= 0.6 is 11.8 Å². The molecule has 11 aromatic carbocycles. The average molecular weight is 1030 g/mol. The van der Waals surface area contributed by atoms with Crippen molar-refractivity contribution in [2.45, 2.75) is 73.0 Å². The summed E-state index contributed by atoms with van der Waals surface area (Å²) in [6.07, 6.45) is 0. The molecule has 0 saturated heterocycles. The quantitative estimate of drug-likeness (QED) is 0.170. The Morgan fingerprint density at radius 2 is 0.747 bits per heavy atom. The van der Waals surface area contributed by atoms with Gasteiger partial charge in [-0.25, -0.2) is 0 Å². The summed E-state index contributed by atoms with van der Waals surface area (Å²) in [4.78, 5) is 5.11. The zero-order valence-corrected chi connectivity index (χ0v) is 46.3. The lowest BCUT2D eigenvalue weighted by molar-refractivity contribution is 0.436. The third-order valence-corrected chi connectivity index (χ3v) is 18.7. The number of ether oxygens (including phenoxy) is 1. The van der Waals surface area contributed by atoms with Gasteiger partial charge in [-0.15, -0.1) is 0 Å². The highest BCUT2D eigenvalue weighted by molar-refractivity contribution is 7.99. The van der Waals surface area contributed by atoms with E-state index in [9.17, 15) is 0 Å². The van der Waals surface area contributed by atoms with Gasteiger partial charge in [0.05, 0.1) is 16.5 Å². The highest BCUT2D eigenvalue weighted by atomic mass is 32.2. The zero-order chi connectivity index (χ0) is 53.4. The first-order valence-corrected chi connectivity index (χ1v) is 28.6. The summed E-state index contributed by atoms with van der Waals surface area (Å²) in [5.41, 5.74) is 24.3. The molecular formula is C76H59NOS. The smallest absolute Gasteiger partial charge is 0.132 e. The second-order valence-electron chi connectivity index (χ2n) is 24.0. The lowest BCUT2D eigenvalue weighted by Crippen LogP contribution is -2.33. The van der Waals surface area contributed by atoms with Gasteiger partial charge in [0.2, 0.25) is 0 Å². The number of para-hydroxylation sites is 2. The Labute approximate surface area is 469 Å². The molecule has 0 bridgehead atoms. The van der Waals surface area contributed by atoms with Gasteiger partial charge in [0.15, 0.2) is 0 Å². The van der Waals surface area contributed by atoms with Gasteiger partial charge in [-0.3, -0.25) is 0 Å². The third-order valence-electron chi connectivity index (χ3n) is 17.5. The fourth-order valence-corrected chi connectivity index (χ4v) is 15.0. The lowest BCUT2D eigenvalue weighted by Gasteiger charge is -2.41. The molecule has 0 fully saturated rings. The highest BCUT2D eigenvalue weighted by Gasteiger charge is 2.53. The Balaban J connectivity index is 1.02. The maximum absolute atomic E-state index is 7.19. The zero-order valence-electron chi connectivity index (χ0n) is 45.4. The van der Waals surface area contributed by atoms with E-state index in [4.69, 9.17) is 4.74 Å². The lowest BCUT2D eigenvalue weighted by atomic mass is 9.65. The molecule has 2 heterocycles. The maximum Gasteiger partial charge on any atom is 0.132 e. The number of hydrogen-bond donors (Lipinski definition) is 0. The number of nitrogens with zero attached hydrogens (tertiary/aromatic N) is 1. The fraction of sp³-hybridized carbons (Fsp3) is 0.132. The molecule has 3 heteroatoms. The van der Waals surface area contributed by atoms with E-state index in [-0.39, 0.29) is 10.8 Å². The van der Waals surface area contributed by atoms with E-state index < -0.39 is 10.8 Å². The van der Waals surface area contributed by atoms with Crippen LogP contribution in [0.1, 0.15) is 97.2 Å². The van der Waals surface area contributed by atoms with Crippen LogP contribution in [-0.2, 0) is 21.7 Å². The standard InChI is InChI=1S/C76H59NOS/c1-73(2,3)51-36-40-57-58-41-37-52(74(4,5)6)45-65(58)76(64(57)44-51)61-25-13-17-29-69(61)78-70-43-39-54(47-67(70)76)77(68-28-16-11-22-55(68)50-34-32-49(33-35-50)48-20-8-7-9-21-48)53-38-42-59-56-23-10-12-24-60(56)75(66(59)46-53)62-26-14-18-30-71(62)79-72-31-19-15-27-63(72)75/h7-47H,1-6H3. The van der Waals surface area contributed by atoms with Crippen LogP contribution in [0.5, 0.6) is 11.5 Å². The summed E-state index contributed by atoms with van der Waals surface area (Å²) >= 11 is 1.89. The number of hydrogen-bond acceptors (Lipinski definition) is 3. The maximum atomic E-state index is 7.19. The first kappa shape index (κ1) is 47.6. The van der Waals surface area contributed by atoms with Crippen molar-refractivity contribution >= 4 is 28.8 Å². The largest absolute Gasteiger partial charge is 0.457 e. The first-order valence-electron chi connectivity index (χ1n) is 27.8. The highest BCUT2D eigenvalue weighted by Crippen LogP contribution is 2.65. The van der Waals surface area contributed by atoms with Gasteiger partial charge in [0, 0.05) is 37.9 Å². The van der Waals surface area contributed by atoms with Gasteiger partial charge >= 0.3 is 0 Å². The van der Waals surface area contributed by atoms with Crippen molar-refractivity contribution in [3.05, 3.63) is 304 Å². The molecule has 0 radical (unpaired) electrons. The van der Waals surface area contributed by atoms with E-state index in [1.165, 1.54) is 87.7 Å². The summed E-state index contributed by atoms with van der Waals surface area (Å²) < 4.78 is 7.19. The van der Waals surface area contributed by atoms with Gasteiger partial charge < -0.3 is 9.64 Å². The van der Waals surface area contributed by atoms with Gasteiger partial charge in [-0.05, 0) is 149 Å². The Morgan fingerprint density at radius 3 is 1.38 bits per heavy atom. The SMILES string of the molecule is CC(C)(C)c1ccc2c(c1)C1(c3ccccc3Oc3ccc(N(c4ccc5c(c4)C4(c6ccccc6Sc6ccccc64)c4ccccc4-5)c4ccccc4-c4ccc(-c5ccccc5)cc4)cc31)c1cc(C(C)(C)C)ccc1-2. The minimum atomic E-state index is -0.706. The molecule has 0 unspecified atom stereocenters. The normalized spacial score (nSPS) is 14.5. The molecule has 0 atom stereocenters. The van der Waals surface area contributed by atoms with Crippen LogP contribution in [0.25, 0.3) is 44.5 Å². The Bertz CT molecular complexity index is 4180. The van der Waals surface area contributed by atoms with E-state index in [1.54, 1.807) is 0 Å². The summed E-state index contributed by atoms with van der Waals surface area (Å²) in [6, 6.07) is 93.8. The topological polar surface area (TPSA) is 12.5 Å². The fourth-order valence-electron chi connectivity index (χ4n) is 13.8. The molecule has 2 aliphatic heterocycles. The first-order chi connectivity index (χ1) is 38.4. The second-order valence-corrected chi connectivity index (χ2v) is 25.0. The molecule has 2 aliphatic carbocycles. The minimum absolute atomic E-state index is 0.0840. The molecule has 0 amide bonds. The van der Waals surface area contributed by atoms with Crippen molar-refractivity contribution in [2.24, 2.45) is 0 Å². The van der Waals surface area contributed by atoms with E-state index in [0.29, 0.717) is 0 Å². The summed E-state index contributed by atoms with van der Waals surface area (Å²) in [5.74, 6) is 1.75. The Morgan fingerprint density at radius 1 is 0.316 bits per heavy atom. The molecule has 4 aliphatic rings. The molecule has 15 rings (SSSR count). The van der Waals surface area contributed by atoms with Gasteiger partial charge in [-0.1, -0.05) is 247 Å². The van der Waals surface area contributed by atoms with Crippen molar-refractivity contribution in [2.75, 3.05) is 4.90 Å². The summed E-state index contributed by atoms with van der Waals surface area (Å²) in [7, 11) is 0. The molecular weight excluding hydrogens is 975 g/mol. The molecule has 0 aromatic heterocycles. The predicted octanol–water partition coefficient (Wildman–Crippen LogP) is 20.4. The van der Waals surface area contributed by atoms with Gasteiger partial charge in [0.1, 0.15) is 11.5 Å². The molecule has 2 spiro atoms. The Hall–Kier alpha value is -8.63. The number of rotatable bonds is 5. The van der Waals surface area contributed by atoms with Crippen LogP contribution in [0, 0.1) is 0 Å². The van der Waals surface area contributed by atoms with Crippen LogP contribution in [0.4, 0.5) is 17.1 Å². The van der Waals surface area contributed by atoms with Crippen LogP contribution in [0.3, 0.4) is 0 Å². The number of anilines is 3. The molecule has 79 heavy (non-hydrogen) atoms. The van der Waals surface area contributed by atoms with Crippen LogP contribution in [0.2, 0.25) is 0 Å². The minimum Gasteiger partial charge on any atom is -0.457 e. The van der Waals surface area contributed by atoms with E-state index in [2.05, 4.69) is 295 Å². The summed E-state index contributed by atoms with van der Waals surface area (Å²) in [6.45, 7) is 14.0. The van der Waals surface area contributed by atoms with Crippen LogP contribution in [0.15, 0.2) is 259 Å². The van der Waals surface area contributed by atoms with Crippen molar-refractivity contribution in [1.82, 2.24) is 0 Å². The van der Waals surface area contributed by atoms with Gasteiger partial charge in [-0.2, -0.15) is 0 Å². The average Bonchev–Trinajstić information content (AvgIpc) is 2.39. The molecule has 0 N–H and O–H groups in total. The molecule has 380 valence electrons. The van der Waals surface area contributed by atoms with Crippen LogP contribution < -0.4 is 9.64 Å². The van der Waals surface area contributed by atoms with Crippen molar-refractivity contribution in [1.29, 1.82) is 0 Å². The van der Waals surface area contributed by atoms with Crippen molar-refractivity contribution in [3.8, 4) is 56.0 Å². The number of fused-ring (bicyclic) bond motifs is 18. The monoisotopic (exact) mass is 1030 g/mol. The van der Waals surface area contributed by atoms with E-state index in [1.807, 2.05) is 11.8 Å². The van der Waals surface area contributed by atoms with E-state index in [0.717, 1.165) is 50.8 Å². The second kappa shape index (κ2) is 17.4. The number of benzene rings is 11. The molecule has 0 saturated carbocycles. The predicted molar refractivity (Wildman–Crippen MR) is 328 cm³/mol.